The number of hydrogen-bond donors (Lipinski definition) is 2. The molecule has 5 rings (SSSR count). The molecule has 1 aliphatic heterocycles. The van der Waals surface area contributed by atoms with Crippen LogP contribution in [0, 0.1) is 5.92 Å². The van der Waals surface area contributed by atoms with Gasteiger partial charge in [-0.3, -0.25) is 9.59 Å². The van der Waals surface area contributed by atoms with E-state index in [1.807, 2.05) is 0 Å². The van der Waals surface area contributed by atoms with Crippen LogP contribution < -0.4 is 11.1 Å². The summed E-state index contributed by atoms with van der Waals surface area (Å²) in [6.45, 7) is 0.0514. The van der Waals surface area contributed by atoms with E-state index >= 15 is 0 Å². The molecule has 31 heavy (non-hydrogen) atoms. The van der Waals surface area contributed by atoms with E-state index in [-0.39, 0.29) is 36.3 Å². The Morgan fingerprint density at radius 2 is 2.06 bits per heavy atom. The van der Waals surface area contributed by atoms with Gasteiger partial charge < -0.3 is 20.5 Å². The van der Waals surface area contributed by atoms with Crippen LogP contribution in [-0.4, -0.2) is 58.7 Å². The molecule has 0 radical (unpaired) electrons. The molecule has 2 aromatic heterocycles. The number of alkyl halides is 2. The molecule has 2 aliphatic carbocycles. The molecule has 2 amide bonds. The molecule has 2 saturated carbocycles. The highest BCUT2D eigenvalue weighted by molar-refractivity contribution is 6.48. The summed E-state index contributed by atoms with van der Waals surface area (Å²) in [6, 6.07) is -0.422. The average Bonchev–Trinajstić information content (AvgIpc) is 3.20. The molecule has 11 heteroatoms. The second kappa shape index (κ2) is 7.78. The second-order valence-electron chi connectivity index (χ2n) is 8.92. The van der Waals surface area contributed by atoms with Crippen molar-refractivity contribution < 1.29 is 9.59 Å². The first-order valence-electron chi connectivity index (χ1n) is 10.7. The highest BCUT2D eigenvalue weighted by Crippen LogP contribution is 2.44. The molecule has 9 nitrogen and oxygen atoms in total. The maximum Gasteiger partial charge on any atom is 0.243 e. The fourth-order valence-electron chi connectivity index (χ4n) is 5.25. The van der Waals surface area contributed by atoms with Crippen molar-refractivity contribution in [3.05, 3.63) is 12.7 Å². The molecule has 3 N–H and O–H groups in total. The van der Waals surface area contributed by atoms with E-state index in [9.17, 15) is 9.59 Å². The summed E-state index contributed by atoms with van der Waals surface area (Å²) in [5, 5.41) is 3.11. The molecule has 3 aliphatic rings. The molecule has 0 bridgehead atoms. The summed E-state index contributed by atoms with van der Waals surface area (Å²) in [6.07, 6.45) is 8.54. The van der Waals surface area contributed by atoms with Crippen LogP contribution >= 0.6 is 23.2 Å². The van der Waals surface area contributed by atoms with Gasteiger partial charge in [-0.1, -0.05) is 0 Å². The Morgan fingerprint density at radius 1 is 1.23 bits per heavy atom. The van der Waals surface area contributed by atoms with Gasteiger partial charge in [0, 0.05) is 18.5 Å². The minimum Gasteiger partial charge on any atom is -0.382 e. The van der Waals surface area contributed by atoms with E-state index in [1.54, 1.807) is 15.8 Å². The number of nitrogen functional groups attached to an aromatic ring is 1. The van der Waals surface area contributed by atoms with Crippen LogP contribution in [0.1, 0.15) is 44.9 Å². The van der Waals surface area contributed by atoms with Gasteiger partial charge in [0.1, 0.15) is 28.8 Å². The average molecular weight is 466 g/mol. The minimum absolute atomic E-state index is 0.0514. The van der Waals surface area contributed by atoms with E-state index in [0.717, 1.165) is 32.1 Å². The molecular formula is C20H25Cl2N7O2. The number of carbonyl (C=O) groups is 2. The third kappa shape index (κ3) is 3.82. The van der Waals surface area contributed by atoms with Gasteiger partial charge in [-0.05, 0) is 44.4 Å². The van der Waals surface area contributed by atoms with Gasteiger partial charge in [-0.2, -0.15) is 0 Å². The molecule has 1 unspecified atom stereocenters. The van der Waals surface area contributed by atoms with Crippen molar-refractivity contribution >= 4 is 52.0 Å². The molecule has 4 atom stereocenters. The molecule has 0 spiro atoms. The Labute approximate surface area is 189 Å². The topological polar surface area (TPSA) is 119 Å². The Bertz CT molecular complexity index is 1030. The van der Waals surface area contributed by atoms with Gasteiger partial charge >= 0.3 is 0 Å². The largest absolute Gasteiger partial charge is 0.382 e. The Hall–Kier alpha value is -2.13. The smallest absolute Gasteiger partial charge is 0.243 e. The highest BCUT2D eigenvalue weighted by atomic mass is 35.5. The maximum atomic E-state index is 13.3. The third-order valence-electron chi connectivity index (χ3n) is 6.91. The van der Waals surface area contributed by atoms with Gasteiger partial charge in [-0.15, -0.1) is 23.2 Å². The summed E-state index contributed by atoms with van der Waals surface area (Å²) in [7, 11) is 0. The third-order valence-corrected chi connectivity index (χ3v) is 7.60. The number of nitrogens with two attached hydrogens (primary N) is 1. The van der Waals surface area contributed by atoms with Crippen molar-refractivity contribution in [2.24, 2.45) is 5.92 Å². The monoisotopic (exact) mass is 465 g/mol. The van der Waals surface area contributed by atoms with Crippen molar-refractivity contribution in [2.45, 2.75) is 73.9 Å². The van der Waals surface area contributed by atoms with Gasteiger partial charge in [0.2, 0.25) is 11.8 Å². The lowest BCUT2D eigenvalue weighted by Gasteiger charge is -2.38. The fraction of sp³-hybridized carbons (Fsp3) is 0.650. The van der Waals surface area contributed by atoms with Crippen LogP contribution in [0.15, 0.2) is 12.7 Å². The minimum atomic E-state index is -0.799. The van der Waals surface area contributed by atoms with Crippen molar-refractivity contribution in [3.8, 4) is 0 Å². The predicted octanol–water partition coefficient (Wildman–Crippen LogP) is 2.02. The summed E-state index contributed by atoms with van der Waals surface area (Å²) in [5.74, 6) is 0.428. The van der Waals surface area contributed by atoms with Crippen molar-refractivity contribution in [1.82, 2.24) is 29.7 Å². The molecule has 166 valence electrons. The van der Waals surface area contributed by atoms with Gasteiger partial charge in [-0.25, -0.2) is 15.0 Å². The van der Waals surface area contributed by atoms with Crippen LogP contribution in [0.5, 0.6) is 0 Å². The number of hydrogen-bond acceptors (Lipinski definition) is 6. The normalized spacial score (nSPS) is 29.4. The van der Waals surface area contributed by atoms with Gasteiger partial charge in [0.15, 0.2) is 11.5 Å². The summed E-state index contributed by atoms with van der Waals surface area (Å²) >= 11 is 12.6. The standard InChI is InChI=1S/C20H25Cl2N7O2/c21-20(22)5-1-2-12(7-20)27-19(31)14-6-11-3-4-13(11)29(14)15(30)8-28-10-26-16-17(23)24-9-25-18(16)28/h9-14H,1-8H2,(H,27,31)(H2,23,24,25)/t11-,12?,13-,14+/m1/s1. The van der Waals surface area contributed by atoms with Crippen molar-refractivity contribution in [1.29, 1.82) is 0 Å². The number of imidazole rings is 1. The molecule has 3 fully saturated rings. The number of aromatic nitrogens is 4. The van der Waals surface area contributed by atoms with Crippen molar-refractivity contribution in [2.75, 3.05) is 5.73 Å². The number of halogens is 2. The van der Waals surface area contributed by atoms with E-state index in [2.05, 4.69) is 20.3 Å². The molecule has 1 saturated heterocycles. The number of nitrogens with one attached hydrogen (secondary N) is 1. The maximum absolute atomic E-state index is 13.3. The molecular weight excluding hydrogens is 441 g/mol. The van der Waals surface area contributed by atoms with Crippen LogP contribution in [0.3, 0.4) is 0 Å². The Morgan fingerprint density at radius 3 is 2.81 bits per heavy atom. The second-order valence-corrected chi connectivity index (χ2v) is 10.6. The lowest BCUT2D eigenvalue weighted by Crippen LogP contribution is -2.53. The number of nitrogens with zero attached hydrogens (tertiary/aromatic N) is 5. The zero-order valence-corrected chi connectivity index (χ0v) is 18.5. The number of carbonyl (C=O) groups excluding carboxylic acids is 2. The Balaban J connectivity index is 1.32. The fourth-order valence-corrected chi connectivity index (χ4v) is 5.89. The van der Waals surface area contributed by atoms with Crippen LogP contribution in [0.2, 0.25) is 0 Å². The molecule has 0 aromatic carbocycles. The first-order valence-corrected chi connectivity index (χ1v) is 11.5. The first kappa shape index (κ1) is 20.8. The number of fused-ring (bicyclic) bond motifs is 2. The van der Waals surface area contributed by atoms with Crippen LogP contribution in [0.25, 0.3) is 11.2 Å². The number of anilines is 1. The zero-order chi connectivity index (χ0) is 21.8. The van der Waals surface area contributed by atoms with Gasteiger partial charge in [0.05, 0.1) is 6.33 Å². The summed E-state index contributed by atoms with van der Waals surface area (Å²) in [4.78, 5) is 40.6. The molecule has 2 aromatic rings. The summed E-state index contributed by atoms with van der Waals surface area (Å²) < 4.78 is 0.861. The van der Waals surface area contributed by atoms with Crippen molar-refractivity contribution in [3.63, 3.8) is 0 Å². The Kier molecular flexibility index (Phi) is 5.21. The van der Waals surface area contributed by atoms with E-state index in [1.165, 1.54) is 6.33 Å². The van der Waals surface area contributed by atoms with E-state index in [4.69, 9.17) is 28.9 Å². The zero-order valence-electron chi connectivity index (χ0n) is 17.0. The quantitative estimate of drug-likeness (QED) is 0.666. The lowest BCUT2D eigenvalue weighted by molar-refractivity contribution is -0.142. The number of amides is 2. The number of rotatable bonds is 4. The SMILES string of the molecule is Nc1ncnc2c1ncn2CC(=O)N1[C@@H]2CC[C@@H]2C[C@H]1C(=O)NC1CCCC(Cl)(Cl)C1. The van der Waals surface area contributed by atoms with Gasteiger partial charge in [0.25, 0.3) is 0 Å². The first-order chi connectivity index (χ1) is 14.8. The van der Waals surface area contributed by atoms with E-state index < -0.39 is 10.4 Å². The van der Waals surface area contributed by atoms with Crippen LogP contribution in [0.4, 0.5) is 5.82 Å². The molecule has 3 heterocycles. The van der Waals surface area contributed by atoms with Crippen LogP contribution in [-0.2, 0) is 16.1 Å². The number of likely N-dealkylation sites (tertiary alicyclic amines) is 1. The lowest BCUT2D eigenvalue weighted by atomic mass is 9.80. The predicted molar refractivity (Wildman–Crippen MR) is 116 cm³/mol. The highest BCUT2D eigenvalue weighted by Gasteiger charge is 2.51. The summed E-state index contributed by atoms with van der Waals surface area (Å²) in [5.41, 5.74) is 6.82. The van der Waals surface area contributed by atoms with E-state index in [0.29, 0.717) is 29.9 Å².